The molecule has 0 saturated carbocycles. The zero-order chi connectivity index (χ0) is 27.2. The van der Waals surface area contributed by atoms with Gasteiger partial charge in [0.25, 0.3) is 11.5 Å². The fourth-order valence-electron chi connectivity index (χ4n) is 3.54. The maximum atomic E-state index is 13.1. The van der Waals surface area contributed by atoms with Crippen molar-refractivity contribution in [3.8, 4) is 11.3 Å². The summed E-state index contributed by atoms with van der Waals surface area (Å²) in [6, 6.07) is 14.4. The van der Waals surface area contributed by atoms with Crippen molar-refractivity contribution in [3.05, 3.63) is 86.9 Å². The van der Waals surface area contributed by atoms with Gasteiger partial charge in [0.2, 0.25) is 5.91 Å². The van der Waals surface area contributed by atoms with E-state index in [1.54, 1.807) is 62.6 Å². The minimum absolute atomic E-state index is 0.00578. The third-order valence-corrected chi connectivity index (χ3v) is 5.77. The van der Waals surface area contributed by atoms with Gasteiger partial charge in [-0.1, -0.05) is 35.9 Å². The van der Waals surface area contributed by atoms with Gasteiger partial charge in [0, 0.05) is 49.2 Å². The molecular weight excluding hydrogens is 509 g/mol. The Morgan fingerprint density at radius 1 is 1.08 bits per heavy atom. The molecule has 0 atom stereocenters. The van der Waals surface area contributed by atoms with Crippen LogP contribution in [0, 0.1) is 0 Å². The van der Waals surface area contributed by atoms with Crippen LogP contribution in [-0.2, 0) is 17.8 Å². The molecule has 0 aliphatic carbocycles. The van der Waals surface area contributed by atoms with Crippen LogP contribution in [0.4, 0.5) is 13.2 Å². The zero-order valence-corrected chi connectivity index (χ0v) is 21.1. The minimum Gasteiger partial charge on any atom is -0.347 e. The molecule has 2 amide bonds. The molecule has 7 nitrogen and oxygen atoms in total. The smallest absolute Gasteiger partial charge is 0.347 e. The average Bonchev–Trinajstić information content (AvgIpc) is 2.84. The first-order valence-electron chi connectivity index (χ1n) is 11.4. The molecule has 11 heteroatoms. The summed E-state index contributed by atoms with van der Waals surface area (Å²) in [5.74, 6) is -0.537. The number of carbonyl (C=O) groups excluding carboxylic acids is 2. The third kappa shape index (κ3) is 8.18. The van der Waals surface area contributed by atoms with Crippen molar-refractivity contribution in [1.82, 2.24) is 19.8 Å². The van der Waals surface area contributed by atoms with E-state index >= 15 is 0 Å². The molecule has 1 heterocycles. The molecule has 0 aliphatic heterocycles. The van der Waals surface area contributed by atoms with Crippen molar-refractivity contribution < 1.29 is 22.8 Å². The van der Waals surface area contributed by atoms with Crippen LogP contribution in [-0.4, -0.2) is 53.1 Å². The number of nitrogens with zero attached hydrogens (tertiary/aromatic N) is 3. The lowest BCUT2D eigenvalue weighted by atomic mass is 10.1. The van der Waals surface area contributed by atoms with E-state index in [-0.39, 0.29) is 43.2 Å². The summed E-state index contributed by atoms with van der Waals surface area (Å²) < 4.78 is 39.7. The Morgan fingerprint density at radius 3 is 2.43 bits per heavy atom. The molecule has 37 heavy (non-hydrogen) atoms. The molecule has 0 saturated heterocycles. The number of hydrogen-bond donors (Lipinski definition) is 1. The van der Waals surface area contributed by atoms with Gasteiger partial charge >= 0.3 is 6.18 Å². The van der Waals surface area contributed by atoms with Crippen molar-refractivity contribution in [2.45, 2.75) is 32.0 Å². The van der Waals surface area contributed by atoms with Crippen LogP contribution >= 0.6 is 11.6 Å². The van der Waals surface area contributed by atoms with E-state index in [0.717, 1.165) is 0 Å². The number of aryl methyl sites for hydroxylation is 1. The SMILES string of the molecule is CN(C)C(=O)CNC(=O)c1cccc(Cn2c(CCCC(F)(F)F)nc(-c3ccc(Cl)cc3)cc2=O)c1. The first-order valence-corrected chi connectivity index (χ1v) is 11.8. The molecule has 1 aromatic heterocycles. The van der Waals surface area contributed by atoms with Crippen molar-refractivity contribution in [3.63, 3.8) is 0 Å². The number of alkyl halides is 3. The number of likely N-dealkylation sites (N-methyl/N-ethyl adjacent to an activating group) is 1. The molecule has 2 aromatic carbocycles. The Bertz CT molecular complexity index is 1320. The predicted molar refractivity (Wildman–Crippen MR) is 135 cm³/mol. The van der Waals surface area contributed by atoms with Gasteiger partial charge in [-0.05, 0) is 36.2 Å². The van der Waals surface area contributed by atoms with Gasteiger partial charge in [-0.25, -0.2) is 4.98 Å². The molecule has 0 bridgehead atoms. The van der Waals surface area contributed by atoms with Crippen LogP contribution in [0.3, 0.4) is 0 Å². The Labute approximate surface area is 216 Å². The molecular formula is C26H26ClF3N4O3. The van der Waals surface area contributed by atoms with Crippen LogP contribution in [0.15, 0.2) is 59.4 Å². The quantitative estimate of drug-likeness (QED) is 0.443. The number of nitrogens with one attached hydrogen (secondary N) is 1. The van der Waals surface area contributed by atoms with E-state index in [1.165, 1.54) is 15.5 Å². The number of benzene rings is 2. The largest absolute Gasteiger partial charge is 0.389 e. The van der Waals surface area contributed by atoms with Crippen LogP contribution in [0.1, 0.15) is 34.6 Å². The maximum absolute atomic E-state index is 13.1. The Morgan fingerprint density at radius 2 is 1.78 bits per heavy atom. The summed E-state index contributed by atoms with van der Waals surface area (Å²) >= 11 is 5.93. The normalized spacial score (nSPS) is 11.3. The second-order valence-electron chi connectivity index (χ2n) is 8.63. The summed E-state index contributed by atoms with van der Waals surface area (Å²) in [5, 5.41) is 3.04. The van der Waals surface area contributed by atoms with Gasteiger partial charge in [0.05, 0.1) is 18.8 Å². The molecule has 3 aromatic rings. The van der Waals surface area contributed by atoms with Gasteiger partial charge in [-0.2, -0.15) is 13.2 Å². The highest BCUT2D eigenvalue weighted by atomic mass is 35.5. The van der Waals surface area contributed by atoms with Crippen molar-refractivity contribution in [2.24, 2.45) is 0 Å². The van der Waals surface area contributed by atoms with Gasteiger partial charge in [0.15, 0.2) is 0 Å². The second kappa shape index (κ2) is 12.1. The monoisotopic (exact) mass is 534 g/mol. The number of amides is 2. The Kier molecular flexibility index (Phi) is 9.09. The van der Waals surface area contributed by atoms with Crippen LogP contribution < -0.4 is 10.9 Å². The molecule has 0 fully saturated rings. The Hall–Kier alpha value is -3.66. The van der Waals surface area contributed by atoms with Crippen molar-refractivity contribution in [1.29, 1.82) is 0 Å². The lowest BCUT2D eigenvalue weighted by Crippen LogP contribution is -2.36. The van der Waals surface area contributed by atoms with E-state index in [2.05, 4.69) is 10.3 Å². The molecule has 0 radical (unpaired) electrons. The highest BCUT2D eigenvalue weighted by Crippen LogP contribution is 2.23. The fourth-order valence-corrected chi connectivity index (χ4v) is 3.66. The molecule has 0 unspecified atom stereocenters. The number of carbonyl (C=O) groups is 2. The van der Waals surface area contributed by atoms with Crippen molar-refractivity contribution >= 4 is 23.4 Å². The highest BCUT2D eigenvalue weighted by Gasteiger charge is 2.26. The molecule has 3 rings (SSSR count). The standard InChI is InChI=1S/C26H26ClF3N4O3/c1-33(2)24(36)15-31-25(37)19-6-3-5-17(13-19)16-34-22(7-4-12-26(28,29)30)32-21(14-23(34)35)18-8-10-20(27)11-9-18/h3,5-6,8-11,13-14H,4,7,12,15-16H2,1-2H3,(H,31,37). The third-order valence-electron chi connectivity index (χ3n) is 5.52. The zero-order valence-electron chi connectivity index (χ0n) is 20.3. The van der Waals surface area contributed by atoms with Gasteiger partial charge < -0.3 is 10.2 Å². The topological polar surface area (TPSA) is 84.3 Å². The summed E-state index contributed by atoms with van der Waals surface area (Å²) in [6.45, 7) is -0.166. The van der Waals surface area contributed by atoms with Gasteiger partial charge in [0.1, 0.15) is 5.82 Å². The molecule has 196 valence electrons. The van der Waals surface area contributed by atoms with Gasteiger partial charge in [-0.3, -0.25) is 19.0 Å². The first-order chi connectivity index (χ1) is 17.4. The lowest BCUT2D eigenvalue weighted by Gasteiger charge is -2.15. The number of hydrogen-bond acceptors (Lipinski definition) is 4. The van der Waals surface area contributed by atoms with E-state index in [0.29, 0.717) is 21.8 Å². The van der Waals surface area contributed by atoms with Crippen LogP contribution in [0.2, 0.25) is 5.02 Å². The number of aromatic nitrogens is 2. The Balaban J connectivity index is 1.89. The van der Waals surface area contributed by atoms with Crippen molar-refractivity contribution in [2.75, 3.05) is 20.6 Å². The van der Waals surface area contributed by atoms with E-state index in [1.807, 2.05) is 0 Å². The number of rotatable bonds is 9. The average molecular weight is 535 g/mol. The summed E-state index contributed by atoms with van der Waals surface area (Å²) in [6.07, 6.45) is -5.63. The summed E-state index contributed by atoms with van der Waals surface area (Å²) in [4.78, 5) is 43.2. The second-order valence-corrected chi connectivity index (χ2v) is 9.07. The van der Waals surface area contributed by atoms with Gasteiger partial charge in [-0.15, -0.1) is 0 Å². The van der Waals surface area contributed by atoms with Crippen LogP contribution in [0.25, 0.3) is 11.3 Å². The van der Waals surface area contributed by atoms with Crippen LogP contribution in [0.5, 0.6) is 0 Å². The molecule has 1 N–H and O–H groups in total. The first kappa shape index (κ1) is 27.9. The lowest BCUT2D eigenvalue weighted by molar-refractivity contribution is -0.135. The minimum atomic E-state index is -4.32. The number of halogens is 4. The molecule has 0 aliphatic rings. The fraction of sp³-hybridized carbons (Fsp3) is 0.308. The highest BCUT2D eigenvalue weighted by molar-refractivity contribution is 6.30. The molecule has 0 spiro atoms. The van der Waals surface area contributed by atoms with E-state index < -0.39 is 24.1 Å². The maximum Gasteiger partial charge on any atom is 0.389 e. The van der Waals surface area contributed by atoms with E-state index in [4.69, 9.17) is 11.6 Å². The van der Waals surface area contributed by atoms with E-state index in [9.17, 15) is 27.6 Å². The predicted octanol–water partition coefficient (Wildman–Crippen LogP) is 4.32. The summed E-state index contributed by atoms with van der Waals surface area (Å²) in [5.41, 5.74) is 1.36. The summed E-state index contributed by atoms with van der Waals surface area (Å²) in [7, 11) is 3.15.